The molecule has 2 N–H and O–H groups in total. The molecule has 1 amide bonds. The Morgan fingerprint density at radius 1 is 0.833 bits per heavy atom. The van der Waals surface area contributed by atoms with Crippen LogP contribution in [0.5, 0.6) is 0 Å². The maximum Gasteiger partial charge on any atom is 0.253 e. The predicted octanol–water partition coefficient (Wildman–Crippen LogP) is 4.14. The number of rotatable bonds is 8. The van der Waals surface area contributed by atoms with Gasteiger partial charge in [0.1, 0.15) is 5.57 Å². The lowest BCUT2D eigenvalue weighted by atomic mass is 10.2. The summed E-state index contributed by atoms with van der Waals surface area (Å²) in [7, 11) is 0. The Kier molecular flexibility index (Phi) is 7.15. The number of benzene rings is 2. The van der Waals surface area contributed by atoms with Crippen molar-refractivity contribution in [1.29, 1.82) is 0 Å². The summed E-state index contributed by atoms with van der Waals surface area (Å²) < 4.78 is 0.683. The van der Waals surface area contributed by atoms with E-state index in [9.17, 15) is 9.59 Å². The number of nitrogens with two attached hydrogens (primary N) is 1. The summed E-state index contributed by atoms with van der Waals surface area (Å²) in [5, 5.41) is 0. The van der Waals surface area contributed by atoms with Gasteiger partial charge in [-0.25, -0.2) is 0 Å². The second-order valence-electron chi connectivity index (χ2n) is 5.13. The first kappa shape index (κ1) is 18.4. The van der Waals surface area contributed by atoms with E-state index in [1.165, 1.54) is 30.4 Å². The molecular formula is C19H19NO2S2. The Labute approximate surface area is 150 Å². The van der Waals surface area contributed by atoms with Gasteiger partial charge in [-0.15, -0.1) is 23.5 Å². The first-order chi connectivity index (χ1) is 11.6. The molecule has 0 aliphatic carbocycles. The van der Waals surface area contributed by atoms with E-state index in [4.69, 9.17) is 5.73 Å². The van der Waals surface area contributed by atoms with Gasteiger partial charge in [-0.2, -0.15) is 0 Å². The van der Waals surface area contributed by atoms with Gasteiger partial charge < -0.3 is 5.73 Å². The monoisotopic (exact) mass is 357 g/mol. The number of ketones is 1. The molecule has 0 radical (unpaired) electrons. The fourth-order valence-electron chi connectivity index (χ4n) is 2.05. The number of amides is 1. The fourth-order valence-corrected chi connectivity index (χ4v) is 4.49. The smallest absolute Gasteiger partial charge is 0.253 e. The zero-order valence-corrected chi connectivity index (χ0v) is 15.0. The average Bonchev–Trinajstić information content (AvgIpc) is 2.58. The van der Waals surface area contributed by atoms with Crippen molar-refractivity contribution in [3.05, 3.63) is 81.6 Å². The van der Waals surface area contributed by atoms with Crippen molar-refractivity contribution in [3.8, 4) is 0 Å². The van der Waals surface area contributed by atoms with Crippen LogP contribution in [0.3, 0.4) is 0 Å². The fraction of sp³-hybridized carbons (Fsp3) is 0.158. The highest BCUT2D eigenvalue weighted by atomic mass is 32.2. The third-order valence-corrected chi connectivity index (χ3v) is 5.82. The van der Waals surface area contributed by atoms with Crippen LogP contribution in [0.4, 0.5) is 0 Å². The summed E-state index contributed by atoms with van der Waals surface area (Å²) in [4.78, 5) is 23.6. The molecule has 0 bridgehead atoms. The van der Waals surface area contributed by atoms with Gasteiger partial charge in [0.15, 0.2) is 5.78 Å². The van der Waals surface area contributed by atoms with Crippen LogP contribution < -0.4 is 5.73 Å². The lowest BCUT2D eigenvalue weighted by molar-refractivity contribution is -0.119. The Morgan fingerprint density at radius 3 is 1.58 bits per heavy atom. The third kappa shape index (κ3) is 5.58. The quantitative estimate of drug-likeness (QED) is 0.438. The Balaban J connectivity index is 2.18. The van der Waals surface area contributed by atoms with Crippen molar-refractivity contribution < 1.29 is 9.59 Å². The van der Waals surface area contributed by atoms with Gasteiger partial charge in [-0.3, -0.25) is 9.59 Å². The average molecular weight is 358 g/mol. The van der Waals surface area contributed by atoms with Crippen LogP contribution >= 0.6 is 23.5 Å². The summed E-state index contributed by atoms with van der Waals surface area (Å²) in [5.74, 6) is 0.404. The van der Waals surface area contributed by atoms with E-state index >= 15 is 0 Å². The van der Waals surface area contributed by atoms with Crippen LogP contribution in [-0.2, 0) is 21.1 Å². The molecule has 0 aliphatic heterocycles. The Hall–Kier alpha value is -1.98. The second-order valence-corrected chi connectivity index (χ2v) is 7.36. The van der Waals surface area contributed by atoms with Crippen LogP contribution in [0.25, 0.3) is 0 Å². The zero-order chi connectivity index (χ0) is 17.4. The van der Waals surface area contributed by atoms with E-state index < -0.39 is 5.91 Å². The molecule has 0 saturated carbocycles. The van der Waals surface area contributed by atoms with E-state index in [0.717, 1.165) is 11.1 Å². The summed E-state index contributed by atoms with van der Waals surface area (Å²) in [6.07, 6.45) is 0. The lowest BCUT2D eigenvalue weighted by Crippen LogP contribution is -2.20. The zero-order valence-electron chi connectivity index (χ0n) is 13.4. The SMILES string of the molecule is CC(=O)C(C(N)=O)=C(SCc1ccccc1)SCc1ccccc1. The minimum Gasteiger partial charge on any atom is -0.365 e. The molecular weight excluding hydrogens is 338 g/mol. The van der Waals surface area contributed by atoms with Gasteiger partial charge in [0.25, 0.3) is 5.91 Å². The van der Waals surface area contributed by atoms with Crippen LogP contribution in [0.2, 0.25) is 0 Å². The molecule has 0 heterocycles. The van der Waals surface area contributed by atoms with Crippen molar-refractivity contribution >= 4 is 35.2 Å². The van der Waals surface area contributed by atoms with Crippen molar-refractivity contribution in [1.82, 2.24) is 0 Å². The molecule has 0 aromatic heterocycles. The molecule has 0 saturated heterocycles. The summed E-state index contributed by atoms with van der Waals surface area (Å²) in [6.45, 7) is 1.38. The molecule has 124 valence electrons. The van der Waals surface area contributed by atoms with Crippen molar-refractivity contribution in [3.63, 3.8) is 0 Å². The number of Topliss-reactive ketones (excluding diaryl/α,β-unsaturated/α-hetero) is 1. The summed E-state index contributed by atoms with van der Waals surface area (Å²) >= 11 is 2.96. The normalized spacial score (nSPS) is 10.2. The molecule has 0 spiro atoms. The highest BCUT2D eigenvalue weighted by Crippen LogP contribution is 2.36. The van der Waals surface area contributed by atoms with Gasteiger partial charge in [0, 0.05) is 11.5 Å². The van der Waals surface area contributed by atoms with Gasteiger partial charge in [0.2, 0.25) is 0 Å². The summed E-state index contributed by atoms with van der Waals surface area (Å²) in [6, 6.07) is 19.9. The molecule has 0 atom stereocenters. The minimum atomic E-state index is -0.668. The summed E-state index contributed by atoms with van der Waals surface area (Å²) in [5.41, 5.74) is 7.79. The standard InChI is InChI=1S/C19H19NO2S2/c1-14(21)17(18(20)22)19(23-12-15-8-4-2-5-9-15)24-13-16-10-6-3-7-11-16/h2-11H,12-13H2,1H3,(H2,20,22). The van der Waals surface area contributed by atoms with E-state index in [2.05, 4.69) is 0 Å². The topological polar surface area (TPSA) is 60.2 Å². The first-order valence-corrected chi connectivity index (χ1v) is 9.43. The molecule has 0 aliphatic rings. The number of hydrogen-bond acceptors (Lipinski definition) is 4. The predicted molar refractivity (Wildman–Crippen MR) is 102 cm³/mol. The lowest BCUT2D eigenvalue weighted by Gasteiger charge is -2.11. The number of primary amides is 1. The van der Waals surface area contributed by atoms with E-state index in [-0.39, 0.29) is 11.4 Å². The molecule has 5 heteroatoms. The Bertz CT molecular complexity index is 666. The largest absolute Gasteiger partial charge is 0.365 e. The molecule has 24 heavy (non-hydrogen) atoms. The van der Waals surface area contributed by atoms with Gasteiger partial charge in [-0.05, 0) is 18.1 Å². The molecule has 0 unspecified atom stereocenters. The van der Waals surface area contributed by atoms with Crippen molar-refractivity contribution in [2.24, 2.45) is 5.73 Å². The highest BCUT2D eigenvalue weighted by Gasteiger charge is 2.18. The van der Waals surface area contributed by atoms with Crippen molar-refractivity contribution in [2.45, 2.75) is 18.4 Å². The molecule has 2 aromatic rings. The third-order valence-electron chi connectivity index (χ3n) is 3.23. The minimum absolute atomic E-state index is 0.0943. The maximum atomic E-state index is 11.9. The molecule has 2 rings (SSSR count). The van der Waals surface area contributed by atoms with Gasteiger partial charge in [-0.1, -0.05) is 60.7 Å². The van der Waals surface area contributed by atoms with E-state index in [0.29, 0.717) is 15.7 Å². The molecule has 2 aromatic carbocycles. The van der Waals surface area contributed by atoms with Crippen LogP contribution in [0.15, 0.2) is 70.5 Å². The van der Waals surface area contributed by atoms with Crippen LogP contribution in [-0.4, -0.2) is 11.7 Å². The van der Waals surface area contributed by atoms with E-state index in [1.54, 1.807) is 0 Å². The number of hydrogen-bond donors (Lipinski definition) is 1. The Morgan fingerprint density at radius 2 is 1.25 bits per heavy atom. The van der Waals surface area contributed by atoms with Crippen LogP contribution in [0, 0.1) is 0 Å². The molecule has 3 nitrogen and oxygen atoms in total. The maximum absolute atomic E-state index is 11.9. The number of thioether (sulfide) groups is 2. The van der Waals surface area contributed by atoms with E-state index in [1.807, 2.05) is 60.7 Å². The van der Waals surface area contributed by atoms with Crippen LogP contribution in [0.1, 0.15) is 18.1 Å². The van der Waals surface area contributed by atoms with Crippen molar-refractivity contribution in [2.75, 3.05) is 0 Å². The second kappa shape index (κ2) is 9.35. The van der Waals surface area contributed by atoms with Gasteiger partial charge in [0.05, 0.1) is 4.24 Å². The first-order valence-electron chi connectivity index (χ1n) is 7.46. The number of carbonyl (C=O) groups is 2. The highest BCUT2D eigenvalue weighted by molar-refractivity contribution is 8.21. The van der Waals surface area contributed by atoms with Gasteiger partial charge >= 0.3 is 0 Å². The molecule has 0 fully saturated rings. The number of carbonyl (C=O) groups excluding carboxylic acids is 2.